The van der Waals surface area contributed by atoms with Crippen molar-refractivity contribution in [2.24, 2.45) is 0 Å². The molecule has 0 heterocycles. The van der Waals surface area contributed by atoms with Crippen molar-refractivity contribution in [1.29, 1.82) is 0 Å². The second kappa shape index (κ2) is 4.43. The van der Waals surface area contributed by atoms with E-state index in [-0.39, 0.29) is 12.1 Å². The Balaban J connectivity index is 2.25. The molecule has 4 nitrogen and oxygen atoms in total. The average Bonchev–Trinajstić information content (AvgIpc) is 3.11. The quantitative estimate of drug-likeness (QED) is 0.731. The summed E-state index contributed by atoms with van der Waals surface area (Å²) in [4.78, 5) is 11.4. The second-order valence-electron chi connectivity index (χ2n) is 3.71. The monoisotopic (exact) mass is 222 g/mol. The van der Waals surface area contributed by atoms with E-state index in [1.165, 1.54) is 7.11 Å². The van der Waals surface area contributed by atoms with Gasteiger partial charge in [0.15, 0.2) is 0 Å². The van der Waals surface area contributed by atoms with Crippen molar-refractivity contribution in [3.8, 4) is 11.5 Å². The summed E-state index contributed by atoms with van der Waals surface area (Å²) in [6, 6.07) is 5.07. The first-order valence-corrected chi connectivity index (χ1v) is 5.17. The lowest BCUT2D eigenvalue weighted by molar-refractivity contribution is 0.0599. The summed E-state index contributed by atoms with van der Waals surface area (Å²) >= 11 is 0. The molecule has 0 unspecified atom stereocenters. The van der Waals surface area contributed by atoms with Gasteiger partial charge in [0.1, 0.15) is 11.5 Å². The fraction of sp³-hybridized carbons (Fsp3) is 0.417. The summed E-state index contributed by atoms with van der Waals surface area (Å²) in [6.07, 6.45) is 2.44. The topological polar surface area (TPSA) is 44.8 Å². The van der Waals surface area contributed by atoms with Crippen molar-refractivity contribution >= 4 is 5.97 Å². The molecular weight excluding hydrogens is 208 g/mol. The first kappa shape index (κ1) is 10.8. The smallest absolute Gasteiger partial charge is 0.338 e. The standard InChI is InChI=1S/C12H14O4/c1-14-10-5-8(12(13)15-2)6-11(7-10)16-9-3-4-9/h5-7,9H,3-4H2,1-2H3. The van der Waals surface area contributed by atoms with E-state index in [4.69, 9.17) is 9.47 Å². The summed E-state index contributed by atoms with van der Waals surface area (Å²) in [5, 5.41) is 0. The van der Waals surface area contributed by atoms with Gasteiger partial charge in [-0.25, -0.2) is 4.79 Å². The van der Waals surface area contributed by atoms with E-state index in [0.29, 0.717) is 17.1 Å². The molecule has 0 bridgehead atoms. The molecule has 1 aliphatic carbocycles. The summed E-state index contributed by atoms with van der Waals surface area (Å²) < 4.78 is 15.4. The Morgan fingerprint density at radius 1 is 1.19 bits per heavy atom. The van der Waals surface area contributed by atoms with Crippen LogP contribution in [-0.2, 0) is 4.74 Å². The predicted molar refractivity (Wildman–Crippen MR) is 58.0 cm³/mol. The molecule has 0 spiro atoms. The van der Waals surface area contributed by atoms with Gasteiger partial charge in [-0.3, -0.25) is 0 Å². The van der Waals surface area contributed by atoms with Crippen LogP contribution in [-0.4, -0.2) is 26.3 Å². The Hall–Kier alpha value is -1.71. The Morgan fingerprint density at radius 2 is 1.88 bits per heavy atom. The molecule has 0 N–H and O–H groups in total. The maximum Gasteiger partial charge on any atom is 0.338 e. The first-order valence-electron chi connectivity index (χ1n) is 5.17. The fourth-order valence-electron chi connectivity index (χ4n) is 1.37. The van der Waals surface area contributed by atoms with Crippen LogP contribution in [0.2, 0.25) is 0 Å². The third kappa shape index (κ3) is 2.45. The minimum atomic E-state index is -0.389. The van der Waals surface area contributed by atoms with Gasteiger partial charge in [0.2, 0.25) is 0 Å². The third-order valence-corrected chi connectivity index (χ3v) is 2.36. The highest BCUT2D eigenvalue weighted by Crippen LogP contribution is 2.30. The third-order valence-electron chi connectivity index (χ3n) is 2.36. The lowest BCUT2D eigenvalue weighted by Crippen LogP contribution is -2.03. The highest BCUT2D eigenvalue weighted by atomic mass is 16.5. The van der Waals surface area contributed by atoms with Crippen LogP contribution in [0.5, 0.6) is 11.5 Å². The van der Waals surface area contributed by atoms with Crippen LogP contribution in [0, 0.1) is 0 Å². The van der Waals surface area contributed by atoms with Gasteiger partial charge >= 0.3 is 5.97 Å². The molecule has 1 aromatic rings. The van der Waals surface area contributed by atoms with E-state index in [1.54, 1.807) is 25.3 Å². The number of hydrogen-bond donors (Lipinski definition) is 0. The zero-order valence-corrected chi connectivity index (χ0v) is 9.36. The predicted octanol–water partition coefficient (Wildman–Crippen LogP) is 2.02. The minimum Gasteiger partial charge on any atom is -0.497 e. The lowest BCUT2D eigenvalue weighted by atomic mass is 10.2. The van der Waals surface area contributed by atoms with E-state index in [1.807, 2.05) is 0 Å². The van der Waals surface area contributed by atoms with Gasteiger partial charge in [0.25, 0.3) is 0 Å². The molecule has 0 atom stereocenters. The van der Waals surface area contributed by atoms with E-state index in [0.717, 1.165) is 12.8 Å². The highest BCUT2D eigenvalue weighted by Gasteiger charge is 2.24. The normalized spacial score (nSPS) is 14.4. The van der Waals surface area contributed by atoms with Crippen molar-refractivity contribution in [1.82, 2.24) is 0 Å². The van der Waals surface area contributed by atoms with Crippen LogP contribution < -0.4 is 9.47 Å². The van der Waals surface area contributed by atoms with Crippen LogP contribution in [0.3, 0.4) is 0 Å². The number of rotatable bonds is 4. The van der Waals surface area contributed by atoms with E-state index < -0.39 is 0 Å². The minimum absolute atomic E-state index is 0.289. The molecule has 1 saturated carbocycles. The number of carbonyl (C=O) groups excluding carboxylic acids is 1. The van der Waals surface area contributed by atoms with Crippen molar-refractivity contribution < 1.29 is 19.0 Å². The molecule has 0 saturated heterocycles. The van der Waals surface area contributed by atoms with E-state index in [9.17, 15) is 4.79 Å². The zero-order valence-electron chi connectivity index (χ0n) is 9.36. The van der Waals surface area contributed by atoms with Gasteiger partial charge < -0.3 is 14.2 Å². The SMILES string of the molecule is COC(=O)c1cc(OC)cc(OC2CC2)c1. The lowest BCUT2D eigenvalue weighted by Gasteiger charge is -2.09. The van der Waals surface area contributed by atoms with Crippen LogP contribution >= 0.6 is 0 Å². The molecule has 16 heavy (non-hydrogen) atoms. The van der Waals surface area contributed by atoms with Crippen LogP contribution in [0.15, 0.2) is 18.2 Å². The summed E-state index contributed by atoms with van der Waals surface area (Å²) in [6.45, 7) is 0. The van der Waals surface area contributed by atoms with Gasteiger partial charge in [0.05, 0.1) is 25.9 Å². The van der Waals surface area contributed by atoms with E-state index >= 15 is 0 Å². The molecule has 86 valence electrons. The molecule has 0 radical (unpaired) electrons. The number of hydrogen-bond acceptors (Lipinski definition) is 4. The van der Waals surface area contributed by atoms with Crippen LogP contribution in [0.25, 0.3) is 0 Å². The van der Waals surface area contributed by atoms with Crippen LogP contribution in [0.1, 0.15) is 23.2 Å². The number of carbonyl (C=O) groups is 1. The molecule has 2 rings (SSSR count). The molecule has 1 fully saturated rings. The summed E-state index contributed by atoms with van der Waals surface area (Å²) in [5.41, 5.74) is 0.442. The fourth-order valence-corrected chi connectivity index (χ4v) is 1.37. The maximum absolute atomic E-state index is 11.4. The molecule has 0 aliphatic heterocycles. The Morgan fingerprint density at radius 3 is 2.44 bits per heavy atom. The Kier molecular flexibility index (Phi) is 2.99. The number of esters is 1. The average molecular weight is 222 g/mol. The molecule has 4 heteroatoms. The van der Waals surface area contributed by atoms with Gasteiger partial charge in [-0.2, -0.15) is 0 Å². The largest absolute Gasteiger partial charge is 0.497 e. The summed E-state index contributed by atoms with van der Waals surface area (Å²) in [5.74, 6) is 0.861. The van der Waals surface area contributed by atoms with Gasteiger partial charge in [-0.05, 0) is 25.0 Å². The maximum atomic E-state index is 11.4. The van der Waals surface area contributed by atoms with Crippen molar-refractivity contribution in [3.05, 3.63) is 23.8 Å². The Labute approximate surface area is 94.1 Å². The van der Waals surface area contributed by atoms with Gasteiger partial charge in [-0.1, -0.05) is 0 Å². The first-order chi connectivity index (χ1) is 7.72. The molecule has 0 aromatic heterocycles. The van der Waals surface area contributed by atoms with Gasteiger partial charge in [-0.15, -0.1) is 0 Å². The number of methoxy groups -OCH3 is 2. The molecule has 1 aliphatic rings. The Bertz CT molecular complexity index is 396. The van der Waals surface area contributed by atoms with E-state index in [2.05, 4.69) is 4.74 Å². The van der Waals surface area contributed by atoms with Crippen molar-refractivity contribution in [2.75, 3.05) is 14.2 Å². The highest BCUT2D eigenvalue weighted by molar-refractivity contribution is 5.90. The van der Waals surface area contributed by atoms with Crippen molar-refractivity contribution in [3.63, 3.8) is 0 Å². The van der Waals surface area contributed by atoms with Crippen LogP contribution in [0.4, 0.5) is 0 Å². The molecule has 1 aromatic carbocycles. The zero-order chi connectivity index (χ0) is 11.5. The molecule has 0 amide bonds. The second-order valence-corrected chi connectivity index (χ2v) is 3.71. The van der Waals surface area contributed by atoms with Gasteiger partial charge in [0, 0.05) is 6.07 Å². The van der Waals surface area contributed by atoms with Crippen molar-refractivity contribution in [2.45, 2.75) is 18.9 Å². The summed E-state index contributed by atoms with van der Waals surface area (Å²) in [7, 11) is 2.90. The number of ether oxygens (including phenoxy) is 3. The molecular formula is C12H14O4. The number of benzene rings is 1.